The maximum atomic E-state index is 13.5. The summed E-state index contributed by atoms with van der Waals surface area (Å²) < 4.78 is 18.9. The van der Waals surface area contributed by atoms with Gasteiger partial charge < -0.3 is 20.5 Å². The summed E-state index contributed by atoms with van der Waals surface area (Å²) >= 11 is 6.78. The van der Waals surface area contributed by atoms with Crippen LogP contribution in [0.3, 0.4) is 0 Å². The molecule has 1 amide bonds. The van der Waals surface area contributed by atoms with Crippen LogP contribution in [0.25, 0.3) is 0 Å². The van der Waals surface area contributed by atoms with E-state index in [0.717, 1.165) is 12.6 Å². The van der Waals surface area contributed by atoms with Crippen molar-refractivity contribution in [2.24, 2.45) is 0 Å². The Hall–Kier alpha value is -2.68. The minimum Gasteiger partial charge on any atom is -0.381 e. The third-order valence-corrected chi connectivity index (χ3v) is 6.72. The topological polar surface area (TPSA) is 97.7 Å². The first-order valence-electron chi connectivity index (χ1n) is 11.4. The number of halogens is 2. The van der Waals surface area contributed by atoms with Gasteiger partial charge >= 0.3 is 0 Å². The number of benzene rings is 2. The minimum absolute atomic E-state index is 0.0293. The van der Waals surface area contributed by atoms with Crippen LogP contribution >= 0.6 is 11.6 Å². The Morgan fingerprint density at radius 1 is 1.29 bits per heavy atom. The van der Waals surface area contributed by atoms with E-state index in [0.29, 0.717) is 47.9 Å². The summed E-state index contributed by atoms with van der Waals surface area (Å²) in [5.41, 5.74) is 1.95. The zero-order valence-electron chi connectivity index (χ0n) is 19.3. The van der Waals surface area contributed by atoms with E-state index >= 15 is 0 Å². The highest BCUT2D eigenvalue weighted by atomic mass is 35.5. The van der Waals surface area contributed by atoms with Gasteiger partial charge in [0, 0.05) is 31.4 Å². The average molecular weight is 489 g/mol. The Bertz CT molecular complexity index is 1050. The normalized spacial score (nSPS) is 23.4. The molecule has 4 rings (SSSR count). The van der Waals surface area contributed by atoms with E-state index in [1.807, 2.05) is 25.1 Å². The molecule has 7 nitrogen and oxygen atoms in total. The molecule has 182 valence electrons. The van der Waals surface area contributed by atoms with Crippen molar-refractivity contribution in [3.05, 3.63) is 58.6 Å². The summed E-state index contributed by atoms with van der Waals surface area (Å²) in [5, 5.41) is 24.9. The van der Waals surface area contributed by atoms with Crippen molar-refractivity contribution in [1.29, 1.82) is 5.41 Å². The number of aliphatic hydroxyl groups is 1. The second-order valence-corrected chi connectivity index (χ2v) is 9.78. The maximum absolute atomic E-state index is 13.5. The fourth-order valence-electron chi connectivity index (χ4n) is 4.66. The van der Waals surface area contributed by atoms with Crippen LogP contribution in [0.4, 0.5) is 15.8 Å². The molecule has 2 heterocycles. The molecule has 0 radical (unpaired) electrons. The second kappa shape index (κ2) is 9.52. The summed E-state index contributed by atoms with van der Waals surface area (Å²) in [4.78, 5) is 14.7. The molecule has 2 aliphatic heterocycles. The molecule has 1 unspecified atom stereocenters. The standard InChI is InChI=1S/C25H30ClFN4O3/c1-24(15-21(32)31(23(28)30-24)18-10-12-34-13-11-18)19-4-3-5-20(22(19)26)29-17-8-6-16(7-9-17)14-25(2,27)33/h3-9,18,29,33H,10-15H2,1-2H3,(H2,28,30)/t24-,25?/m0/s1. The molecule has 0 bridgehead atoms. The maximum Gasteiger partial charge on any atom is 0.232 e. The first-order valence-corrected chi connectivity index (χ1v) is 11.8. The van der Waals surface area contributed by atoms with E-state index in [9.17, 15) is 14.3 Å². The van der Waals surface area contributed by atoms with Crippen LogP contribution in [-0.4, -0.2) is 47.0 Å². The van der Waals surface area contributed by atoms with E-state index in [2.05, 4.69) is 10.6 Å². The molecular weight excluding hydrogens is 459 g/mol. The van der Waals surface area contributed by atoms with E-state index in [-0.39, 0.29) is 30.8 Å². The van der Waals surface area contributed by atoms with Crippen molar-refractivity contribution < 1.29 is 19.0 Å². The summed E-state index contributed by atoms with van der Waals surface area (Å²) in [5.74, 6) is -2.29. The largest absolute Gasteiger partial charge is 0.381 e. The number of hydrogen-bond donors (Lipinski definition) is 4. The fraction of sp³-hybridized carbons (Fsp3) is 0.440. The molecule has 9 heteroatoms. The predicted molar refractivity (Wildman–Crippen MR) is 130 cm³/mol. The lowest BCUT2D eigenvalue weighted by atomic mass is 9.85. The molecule has 2 aromatic rings. The second-order valence-electron chi connectivity index (χ2n) is 9.40. The van der Waals surface area contributed by atoms with E-state index in [1.54, 1.807) is 29.2 Å². The zero-order chi connectivity index (χ0) is 24.5. The van der Waals surface area contributed by atoms with Gasteiger partial charge in [0.25, 0.3) is 0 Å². The molecule has 34 heavy (non-hydrogen) atoms. The van der Waals surface area contributed by atoms with Gasteiger partial charge in [-0.15, -0.1) is 0 Å². The Morgan fingerprint density at radius 3 is 2.59 bits per heavy atom. The lowest BCUT2D eigenvalue weighted by molar-refractivity contribution is -0.133. The quantitative estimate of drug-likeness (QED) is 0.481. The number of carbonyl (C=O) groups is 1. The Labute approximate surface area is 203 Å². The molecule has 4 N–H and O–H groups in total. The Balaban J connectivity index is 1.52. The van der Waals surface area contributed by atoms with Crippen molar-refractivity contribution >= 4 is 34.8 Å². The highest BCUT2D eigenvalue weighted by Crippen LogP contribution is 2.39. The van der Waals surface area contributed by atoms with Crippen LogP contribution in [0.2, 0.25) is 5.02 Å². The molecule has 0 aliphatic carbocycles. The number of hydrogen-bond acceptors (Lipinski definition) is 5. The van der Waals surface area contributed by atoms with Gasteiger partial charge in [-0.05, 0) is 56.0 Å². The number of amides is 1. The van der Waals surface area contributed by atoms with Gasteiger partial charge in [-0.25, -0.2) is 4.39 Å². The third kappa shape index (κ3) is 5.35. The lowest BCUT2D eigenvalue weighted by Gasteiger charge is -2.45. The van der Waals surface area contributed by atoms with Gasteiger partial charge in [-0.2, -0.15) is 0 Å². The van der Waals surface area contributed by atoms with Crippen LogP contribution < -0.4 is 10.6 Å². The number of guanidine groups is 1. The number of anilines is 2. The van der Waals surface area contributed by atoms with Gasteiger partial charge in [0.1, 0.15) is 0 Å². The molecule has 2 atom stereocenters. The fourth-order valence-corrected chi connectivity index (χ4v) is 5.04. The van der Waals surface area contributed by atoms with Crippen LogP contribution in [-0.2, 0) is 21.5 Å². The van der Waals surface area contributed by atoms with Crippen molar-refractivity contribution in [3.63, 3.8) is 0 Å². The number of nitrogens with zero attached hydrogens (tertiary/aromatic N) is 1. The van der Waals surface area contributed by atoms with E-state index < -0.39 is 11.4 Å². The summed E-state index contributed by atoms with van der Waals surface area (Å²) in [6, 6.07) is 12.6. The molecular formula is C25H30ClFN4O3. The van der Waals surface area contributed by atoms with Crippen LogP contribution in [0, 0.1) is 5.41 Å². The minimum atomic E-state index is -2.26. The molecule has 2 fully saturated rings. The Morgan fingerprint density at radius 2 is 1.97 bits per heavy atom. The predicted octanol–water partition coefficient (Wildman–Crippen LogP) is 4.45. The summed E-state index contributed by atoms with van der Waals surface area (Å²) in [6.07, 6.45) is 1.51. The molecule has 2 aliphatic rings. The van der Waals surface area contributed by atoms with E-state index in [4.69, 9.17) is 21.7 Å². The number of alkyl halides is 1. The molecule has 2 saturated heterocycles. The van der Waals surface area contributed by atoms with Crippen LogP contribution in [0.1, 0.15) is 44.2 Å². The molecule has 2 aromatic carbocycles. The lowest BCUT2D eigenvalue weighted by Crippen LogP contribution is -2.62. The SMILES string of the molecule is CC(O)(F)Cc1ccc(Nc2cccc([C@]3(C)CC(=O)N(C4CCOCC4)C(=N)N3)c2Cl)cc1. The zero-order valence-corrected chi connectivity index (χ0v) is 20.1. The monoisotopic (exact) mass is 488 g/mol. The first-order chi connectivity index (χ1) is 16.1. The number of ether oxygens (including phenoxy) is 1. The highest BCUT2D eigenvalue weighted by Gasteiger charge is 2.43. The van der Waals surface area contributed by atoms with Crippen LogP contribution in [0.5, 0.6) is 0 Å². The molecule has 0 aromatic heterocycles. The first kappa shape index (κ1) is 24.4. The van der Waals surface area contributed by atoms with Gasteiger partial charge in [-0.3, -0.25) is 15.1 Å². The number of nitrogens with one attached hydrogen (secondary N) is 3. The third-order valence-electron chi connectivity index (χ3n) is 6.32. The Kier molecular flexibility index (Phi) is 6.85. The van der Waals surface area contributed by atoms with E-state index in [1.165, 1.54) is 0 Å². The highest BCUT2D eigenvalue weighted by molar-refractivity contribution is 6.34. The van der Waals surface area contributed by atoms with Gasteiger partial charge in [0.2, 0.25) is 11.8 Å². The van der Waals surface area contributed by atoms with Gasteiger partial charge in [-0.1, -0.05) is 35.9 Å². The smallest absolute Gasteiger partial charge is 0.232 e. The van der Waals surface area contributed by atoms with Crippen molar-refractivity contribution in [2.45, 2.75) is 57.0 Å². The molecule has 0 spiro atoms. The van der Waals surface area contributed by atoms with Crippen molar-refractivity contribution in [2.75, 3.05) is 18.5 Å². The van der Waals surface area contributed by atoms with Gasteiger partial charge in [0.15, 0.2) is 5.96 Å². The van der Waals surface area contributed by atoms with Crippen LogP contribution in [0.15, 0.2) is 42.5 Å². The summed E-state index contributed by atoms with van der Waals surface area (Å²) in [7, 11) is 0. The molecule has 0 saturated carbocycles. The van der Waals surface area contributed by atoms with Crippen molar-refractivity contribution in [3.8, 4) is 0 Å². The van der Waals surface area contributed by atoms with Gasteiger partial charge in [0.05, 0.1) is 22.7 Å². The number of carbonyl (C=O) groups excluding carboxylic acids is 1. The number of rotatable bonds is 6. The summed E-state index contributed by atoms with van der Waals surface area (Å²) in [6.45, 7) is 4.18. The van der Waals surface area contributed by atoms with Crippen molar-refractivity contribution in [1.82, 2.24) is 10.2 Å². The average Bonchev–Trinajstić information content (AvgIpc) is 2.75.